The van der Waals surface area contributed by atoms with Gasteiger partial charge in [-0.15, -0.1) is 0 Å². The van der Waals surface area contributed by atoms with Gasteiger partial charge in [0.1, 0.15) is 0 Å². The Bertz CT molecular complexity index is 258. The van der Waals surface area contributed by atoms with Crippen molar-refractivity contribution in [2.75, 3.05) is 0 Å². The van der Waals surface area contributed by atoms with Crippen molar-refractivity contribution in [2.24, 2.45) is 4.99 Å². The van der Waals surface area contributed by atoms with Gasteiger partial charge >= 0.3 is 0 Å². The molecule has 12 heavy (non-hydrogen) atoms. The zero-order valence-corrected chi connectivity index (χ0v) is 7.91. The molecule has 0 fully saturated rings. The Morgan fingerprint density at radius 2 is 1.75 bits per heavy atom. The SMILES string of the molecule is CC(C)=NC(C)c1ccccc1. The number of benzene rings is 1. The van der Waals surface area contributed by atoms with Crippen LogP contribution in [-0.2, 0) is 0 Å². The lowest BCUT2D eigenvalue weighted by Gasteiger charge is -2.06. The molecule has 1 rings (SSSR count). The van der Waals surface area contributed by atoms with Crippen LogP contribution in [0.5, 0.6) is 0 Å². The van der Waals surface area contributed by atoms with Crippen LogP contribution < -0.4 is 0 Å². The van der Waals surface area contributed by atoms with E-state index in [2.05, 4.69) is 24.0 Å². The van der Waals surface area contributed by atoms with E-state index in [9.17, 15) is 0 Å². The van der Waals surface area contributed by atoms with Crippen LogP contribution in [0, 0.1) is 0 Å². The van der Waals surface area contributed by atoms with E-state index >= 15 is 0 Å². The Hall–Kier alpha value is -1.11. The summed E-state index contributed by atoms with van der Waals surface area (Å²) in [5.41, 5.74) is 2.41. The average molecular weight is 161 g/mol. The highest BCUT2D eigenvalue weighted by molar-refractivity contribution is 5.79. The summed E-state index contributed by atoms with van der Waals surface area (Å²) in [4.78, 5) is 4.46. The number of rotatable bonds is 2. The highest BCUT2D eigenvalue weighted by Gasteiger charge is 2.00. The molecule has 0 bridgehead atoms. The van der Waals surface area contributed by atoms with E-state index in [0.717, 1.165) is 5.71 Å². The van der Waals surface area contributed by atoms with E-state index in [1.54, 1.807) is 0 Å². The second-order valence-corrected chi connectivity index (χ2v) is 3.16. The summed E-state index contributed by atoms with van der Waals surface area (Å²) in [6.45, 7) is 6.17. The van der Waals surface area contributed by atoms with Gasteiger partial charge in [-0.1, -0.05) is 30.3 Å². The molecule has 0 aromatic heterocycles. The number of aliphatic imine (C=N–C) groups is 1. The van der Waals surface area contributed by atoms with Gasteiger partial charge in [-0.2, -0.15) is 0 Å². The molecule has 0 aliphatic carbocycles. The molecular weight excluding hydrogens is 146 g/mol. The summed E-state index contributed by atoms with van der Waals surface area (Å²) in [6, 6.07) is 10.6. The van der Waals surface area contributed by atoms with Crippen molar-refractivity contribution in [1.29, 1.82) is 0 Å². The molecule has 64 valence electrons. The van der Waals surface area contributed by atoms with Crippen molar-refractivity contribution in [3.63, 3.8) is 0 Å². The zero-order valence-electron chi connectivity index (χ0n) is 7.91. The Morgan fingerprint density at radius 3 is 2.25 bits per heavy atom. The van der Waals surface area contributed by atoms with Crippen LogP contribution in [0.2, 0.25) is 0 Å². The fraction of sp³-hybridized carbons (Fsp3) is 0.364. The maximum atomic E-state index is 4.46. The van der Waals surface area contributed by atoms with Gasteiger partial charge in [-0.3, -0.25) is 4.99 Å². The van der Waals surface area contributed by atoms with Crippen molar-refractivity contribution in [2.45, 2.75) is 26.8 Å². The molecule has 0 saturated carbocycles. The predicted molar refractivity (Wildman–Crippen MR) is 53.6 cm³/mol. The quantitative estimate of drug-likeness (QED) is 0.590. The van der Waals surface area contributed by atoms with Crippen molar-refractivity contribution in [1.82, 2.24) is 0 Å². The van der Waals surface area contributed by atoms with E-state index < -0.39 is 0 Å². The van der Waals surface area contributed by atoms with Crippen molar-refractivity contribution >= 4 is 5.71 Å². The fourth-order valence-corrected chi connectivity index (χ4v) is 1.19. The molecule has 0 N–H and O–H groups in total. The van der Waals surface area contributed by atoms with Crippen LogP contribution in [0.25, 0.3) is 0 Å². The maximum Gasteiger partial charge on any atom is 0.0719 e. The Kier molecular flexibility index (Phi) is 3.03. The Morgan fingerprint density at radius 1 is 1.17 bits per heavy atom. The van der Waals surface area contributed by atoms with Gasteiger partial charge in [0.15, 0.2) is 0 Å². The summed E-state index contributed by atoms with van der Waals surface area (Å²) in [6.07, 6.45) is 0. The molecule has 0 aliphatic heterocycles. The van der Waals surface area contributed by atoms with Crippen LogP contribution in [0.15, 0.2) is 35.3 Å². The summed E-state index contributed by atoms with van der Waals surface area (Å²) in [5, 5.41) is 0. The third-order valence-electron chi connectivity index (χ3n) is 1.73. The van der Waals surface area contributed by atoms with E-state index in [1.807, 2.05) is 32.0 Å². The second kappa shape index (κ2) is 4.05. The summed E-state index contributed by atoms with van der Waals surface area (Å²) >= 11 is 0. The molecule has 0 amide bonds. The fourth-order valence-electron chi connectivity index (χ4n) is 1.19. The lowest BCUT2D eigenvalue weighted by molar-refractivity contribution is 0.818. The predicted octanol–water partition coefficient (Wildman–Crippen LogP) is 3.23. The minimum Gasteiger partial charge on any atom is -0.287 e. The molecule has 1 nitrogen and oxygen atoms in total. The minimum absolute atomic E-state index is 0.288. The molecule has 0 aliphatic rings. The van der Waals surface area contributed by atoms with Crippen LogP contribution in [0.1, 0.15) is 32.4 Å². The van der Waals surface area contributed by atoms with Gasteiger partial charge in [0, 0.05) is 5.71 Å². The first-order chi connectivity index (χ1) is 5.70. The van der Waals surface area contributed by atoms with E-state index in [1.165, 1.54) is 5.56 Å². The highest BCUT2D eigenvalue weighted by atomic mass is 14.8. The van der Waals surface area contributed by atoms with Crippen LogP contribution in [-0.4, -0.2) is 5.71 Å². The molecule has 0 spiro atoms. The second-order valence-electron chi connectivity index (χ2n) is 3.16. The number of nitrogens with zero attached hydrogens (tertiary/aromatic N) is 1. The zero-order chi connectivity index (χ0) is 8.97. The van der Waals surface area contributed by atoms with Crippen molar-refractivity contribution in [3.8, 4) is 0 Å². The van der Waals surface area contributed by atoms with Gasteiger partial charge in [-0.05, 0) is 26.3 Å². The standard InChI is InChI=1S/C11H15N/c1-9(2)12-10(3)11-7-5-4-6-8-11/h4-8,10H,1-3H3. The topological polar surface area (TPSA) is 12.4 Å². The summed E-state index contributed by atoms with van der Waals surface area (Å²) in [7, 11) is 0. The molecule has 0 heterocycles. The first kappa shape index (κ1) is 8.98. The number of hydrogen-bond donors (Lipinski definition) is 0. The van der Waals surface area contributed by atoms with Gasteiger partial charge in [0.25, 0.3) is 0 Å². The molecule has 0 radical (unpaired) electrons. The summed E-state index contributed by atoms with van der Waals surface area (Å²) < 4.78 is 0. The minimum atomic E-state index is 0.288. The van der Waals surface area contributed by atoms with Gasteiger partial charge in [-0.25, -0.2) is 0 Å². The molecule has 1 aromatic rings. The molecule has 1 atom stereocenters. The third-order valence-corrected chi connectivity index (χ3v) is 1.73. The molecule has 1 heteroatoms. The van der Waals surface area contributed by atoms with Gasteiger partial charge in [0.05, 0.1) is 6.04 Å². The Labute approximate surface area is 74.2 Å². The molecule has 0 saturated heterocycles. The smallest absolute Gasteiger partial charge is 0.0719 e. The first-order valence-electron chi connectivity index (χ1n) is 4.26. The normalized spacial score (nSPS) is 12.2. The highest BCUT2D eigenvalue weighted by Crippen LogP contribution is 2.15. The largest absolute Gasteiger partial charge is 0.287 e. The lowest BCUT2D eigenvalue weighted by atomic mass is 10.1. The van der Waals surface area contributed by atoms with Crippen LogP contribution >= 0.6 is 0 Å². The Balaban J connectivity index is 2.79. The van der Waals surface area contributed by atoms with Crippen LogP contribution in [0.4, 0.5) is 0 Å². The lowest BCUT2D eigenvalue weighted by Crippen LogP contribution is -1.92. The molecular formula is C11H15N. The van der Waals surface area contributed by atoms with Crippen molar-refractivity contribution < 1.29 is 0 Å². The van der Waals surface area contributed by atoms with E-state index in [0.29, 0.717) is 0 Å². The molecule has 1 unspecified atom stereocenters. The first-order valence-corrected chi connectivity index (χ1v) is 4.26. The van der Waals surface area contributed by atoms with E-state index in [-0.39, 0.29) is 6.04 Å². The van der Waals surface area contributed by atoms with Gasteiger partial charge in [0.2, 0.25) is 0 Å². The van der Waals surface area contributed by atoms with Crippen molar-refractivity contribution in [3.05, 3.63) is 35.9 Å². The van der Waals surface area contributed by atoms with Gasteiger partial charge < -0.3 is 0 Å². The monoisotopic (exact) mass is 161 g/mol. The van der Waals surface area contributed by atoms with E-state index in [4.69, 9.17) is 0 Å². The molecule has 1 aromatic carbocycles. The van der Waals surface area contributed by atoms with Crippen LogP contribution in [0.3, 0.4) is 0 Å². The number of hydrogen-bond acceptors (Lipinski definition) is 1. The maximum absolute atomic E-state index is 4.46. The average Bonchev–Trinajstić information content (AvgIpc) is 2.05. The summed E-state index contributed by atoms with van der Waals surface area (Å²) in [5.74, 6) is 0. The third kappa shape index (κ3) is 2.50.